The van der Waals surface area contributed by atoms with Gasteiger partial charge in [-0.05, 0) is 31.0 Å². The van der Waals surface area contributed by atoms with Gasteiger partial charge in [0.2, 0.25) is 5.89 Å². The van der Waals surface area contributed by atoms with Crippen LogP contribution in [0.5, 0.6) is 0 Å². The molecule has 0 saturated carbocycles. The van der Waals surface area contributed by atoms with Gasteiger partial charge in [-0.3, -0.25) is 0 Å². The third kappa shape index (κ3) is 2.83. The van der Waals surface area contributed by atoms with Gasteiger partial charge in [0.25, 0.3) is 0 Å². The Hall–Kier alpha value is -1.46. The van der Waals surface area contributed by atoms with Gasteiger partial charge in [0.1, 0.15) is 5.82 Å². The molecule has 0 aliphatic carbocycles. The molecule has 4 nitrogen and oxygen atoms in total. The maximum Gasteiger partial charge on any atom is 0.231 e. The van der Waals surface area contributed by atoms with Gasteiger partial charge in [0, 0.05) is 13.0 Å². The fourth-order valence-corrected chi connectivity index (χ4v) is 2.62. The first kappa shape index (κ1) is 13.5. The Morgan fingerprint density at radius 1 is 1.45 bits per heavy atom. The Morgan fingerprint density at radius 3 is 3.15 bits per heavy atom. The van der Waals surface area contributed by atoms with Crippen LogP contribution in [0.4, 0.5) is 4.39 Å². The Labute approximate surface area is 121 Å². The average molecular weight is 296 g/mol. The van der Waals surface area contributed by atoms with Crippen molar-refractivity contribution in [3.63, 3.8) is 0 Å². The van der Waals surface area contributed by atoms with Crippen molar-refractivity contribution in [3.8, 4) is 0 Å². The van der Waals surface area contributed by atoms with Crippen LogP contribution in [-0.2, 0) is 6.42 Å². The first-order valence-corrected chi connectivity index (χ1v) is 7.08. The van der Waals surface area contributed by atoms with E-state index in [-0.39, 0.29) is 17.4 Å². The van der Waals surface area contributed by atoms with Gasteiger partial charge in [-0.2, -0.15) is 4.98 Å². The van der Waals surface area contributed by atoms with Crippen LogP contribution in [0.25, 0.3) is 0 Å². The molecule has 3 rings (SSSR count). The standard InChI is InChI=1S/C14H15ClFN3O/c15-11-5-1-3-9(13(11)16)7-12-18-14(20-19-12)10-4-2-6-17-8-10/h1,3,5,10,17H,2,4,6-8H2. The van der Waals surface area contributed by atoms with E-state index in [1.807, 2.05) is 0 Å². The van der Waals surface area contributed by atoms with Crippen molar-refractivity contribution in [1.29, 1.82) is 0 Å². The minimum atomic E-state index is -0.417. The molecule has 1 atom stereocenters. The van der Waals surface area contributed by atoms with Crippen LogP contribution in [0.2, 0.25) is 5.02 Å². The molecule has 20 heavy (non-hydrogen) atoms. The molecule has 1 aliphatic rings. The molecule has 0 radical (unpaired) electrons. The topological polar surface area (TPSA) is 51.0 Å². The second-order valence-corrected chi connectivity index (χ2v) is 5.39. The second-order valence-electron chi connectivity index (χ2n) is 4.98. The average Bonchev–Trinajstić information content (AvgIpc) is 2.93. The number of halogens is 2. The molecule has 0 amide bonds. The fraction of sp³-hybridized carbons (Fsp3) is 0.429. The molecule has 1 aromatic heterocycles. The highest BCUT2D eigenvalue weighted by molar-refractivity contribution is 6.30. The normalized spacial score (nSPS) is 19.2. The molecule has 1 saturated heterocycles. The highest BCUT2D eigenvalue weighted by Crippen LogP contribution is 2.23. The van der Waals surface area contributed by atoms with Crippen molar-refractivity contribution in [2.75, 3.05) is 13.1 Å². The smallest absolute Gasteiger partial charge is 0.231 e. The van der Waals surface area contributed by atoms with E-state index in [1.54, 1.807) is 12.1 Å². The van der Waals surface area contributed by atoms with Crippen LogP contribution in [0, 0.1) is 5.82 Å². The van der Waals surface area contributed by atoms with E-state index in [4.69, 9.17) is 16.1 Å². The summed E-state index contributed by atoms with van der Waals surface area (Å²) in [5.41, 5.74) is 0.478. The van der Waals surface area contributed by atoms with E-state index in [0.29, 0.717) is 17.3 Å². The van der Waals surface area contributed by atoms with Crippen LogP contribution < -0.4 is 5.32 Å². The van der Waals surface area contributed by atoms with Gasteiger partial charge in [-0.25, -0.2) is 4.39 Å². The Kier molecular flexibility index (Phi) is 3.98. The molecule has 2 heterocycles. The van der Waals surface area contributed by atoms with E-state index >= 15 is 0 Å². The van der Waals surface area contributed by atoms with Crippen LogP contribution in [0.3, 0.4) is 0 Å². The Balaban J connectivity index is 1.75. The van der Waals surface area contributed by atoms with Crippen molar-refractivity contribution in [1.82, 2.24) is 15.5 Å². The molecule has 1 aliphatic heterocycles. The number of benzene rings is 1. The lowest BCUT2D eigenvalue weighted by Crippen LogP contribution is -2.28. The quantitative estimate of drug-likeness (QED) is 0.946. The zero-order valence-electron chi connectivity index (χ0n) is 10.9. The van der Waals surface area contributed by atoms with Gasteiger partial charge in [0.15, 0.2) is 5.82 Å². The van der Waals surface area contributed by atoms with Gasteiger partial charge in [0.05, 0.1) is 10.9 Å². The predicted octanol–water partition coefficient (Wildman–Crippen LogP) is 2.92. The van der Waals surface area contributed by atoms with Crippen molar-refractivity contribution < 1.29 is 8.91 Å². The lowest BCUT2D eigenvalue weighted by atomic mass is 10.00. The fourth-order valence-electron chi connectivity index (χ4n) is 2.42. The summed E-state index contributed by atoms with van der Waals surface area (Å²) < 4.78 is 19.1. The Morgan fingerprint density at radius 2 is 2.35 bits per heavy atom. The maximum absolute atomic E-state index is 13.8. The highest BCUT2D eigenvalue weighted by Gasteiger charge is 2.21. The van der Waals surface area contributed by atoms with Crippen molar-refractivity contribution in [2.45, 2.75) is 25.2 Å². The summed E-state index contributed by atoms with van der Waals surface area (Å²) in [6.07, 6.45) is 2.43. The summed E-state index contributed by atoms with van der Waals surface area (Å²) >= 11 is 5.76. The molecular weight excluding hydrogens is 281 g/mol. The van der Waals surface area contributed by atoms with Crippen LogP contribution in [0.1, 0.15) is 36.0 Å². The maximum atomic E-state index is 13.8. The van der Waals surface area contributed by atoms with Crippen LogP contribution in [-0.4, -0.2) is 23.2 Å². The van der Waals surface area contributed by atoms with Gasteiger partial charge in [-0.15, -0.1) is 0 Å². The third-order valence-electron chi connectivity index (χ3n) is 3.51. The van der Waals surface area contributed by atoms with Crippen molar-refractivity contribution in [2.24, 2.45) is 0 Å². The predicted molar refractivity (Wildman–Crippen MR) is 73.4 cm³/mol. The molecule has 1 N–H and O–H groups in total. The highest BCUT2D eigenvalue weighted by atomic mass is 35.5. The summed E-state index contributed by atoms with van der Waals surface area (Å²) in [6, 6.07) is 4.92. The van der Waals surface area contributed by atoms with E-state index < -0.39 is 5.82 Å². The summed E-state index contributed by atoms with van der Waals surface area (Å²) in [7, 11) is 0. The molecule has 106 valence electrons. The monoisotopic (exact) mass is 295 g/mol. The number of hydrogen-bond acceptors (Lipinski definition) is 4. The second kappa shape index (κ2) is 5.89. The zero-order valence-corrected chi connectivity index (χ0v) is 11.7. The number of hydrogen-bond donors (Lipinski definition) is 1. The van der Waals surface area contributed by atoms with Crippen LogP contribution >= 0.6 is 11.6 Å². The molecule has 1 unspecified atom stereocenters. The van der Waals surface area contributed by atoms with Gasteiger partial charge in [-0.1, -0.05) is 28.9 Å². The SMILES string of the molecule is Fc1c(Cl)cccc1Cc1noc(C2CCCNC2)n1. The molecule has 1 fully saturated rings. The lowest BCUT2D eigenvalue weighted by Gasteiger charge is -2.18. The summed E-state index contributed by atoms with van der Waals surface area (Å²) in [6.45, 7) is 1.89. The summed E-state index contributed by atoms with van der Waals surface area (Å²) in [5.74, 6) is 0.968. The Bertz CT molecular complexity index is 596. The largest absolute Gasteiger partial charge is 0.339 e. The minimum absolute atomic E-state index is 0.114. The molecular formula is C14H15ClFN3O. The molecule has 0 spiro atoms. The van der Waals surface area contributed by atoms with E-state index in [1.165, 1.54) is 6.07 Å². The lowest BCUT2D eigenvalue weighted by molar-refractivity contribution is 0.320. The van der Waals surface area contributed by atoms with Crippen molar-refractivity contribution in [3.05, 3.63) is 46.3 Å². The first-order chi connectivity index (χ1) is 9.74. The minimum Gasteiger partial charge on any atom is -0.339 e. The number of aromatic nitrogens is 2. The first-order valence-electron chi connectivity index (χ1n) is 6.70. The number of rotatable bonds is 3. The number of nitrogens with one attached hydrogen (secondary N) is 1. The molecule has 2 aromatic rings. The van der Waals surface area contributed by atoms with E-state index in [9.17, 15) is 4.39 Å². The molecule has 6 heteroatoms. The summed E-state index contributed by atoms with van der Waals surface area (Å²) in [5, 5.41) is 7.35. The third-order valence-corrected chi connectivity index (χ3v) is 3.80. The van der Waals surface area contributed by atoms with Gasteiger partial charge < -0.3 is 9.84 Å². The van der Waals surface area contributed by atoms with E-state index in [0.717, 1.165) is 25.9 Å². The number of piperidine rings is 1. The van der Waals surface area contributed by atoms with Crippen LogP contribution in [0.15, 0.2) is 22.7 Å². The molecule has 1 aromatic carbocycles. The molecule has 0 bridgehead atoms. The zero-order chi connectivity index (χ0) is 13.9. The summed E-state index contributed by atoms with van der Waals surface area (Å²) in [4.78, 5) is 4.37. The number of nitrogens with zero attached hydrogens (tertiary/aromatic N) is 2. The van der Waals surface area contributed by atoms with Gasteiger partial charge >= 0.3 is 0 Å². The van der Waals surface area contributed by atoms with E-state index in [2.05, 4.69) is 15.5 Å². The van der Waals surface area contributed by atoms with Crippen molar-refractivity contribution >= 4 is 11.6 Å².